The minimum Gasteiger partial charge on any atom is -0.463 e. The summed E-state index contributed by atoms with van der Waals surface area (Å²) in [7, 11) is 0. The Bertz CT molecular complexity index is 392. The molecule has 0 saturated heterocycles. The molecule has 0 fully saturated rings. The molecule has 0 radical (unpaired) electrons. The minimum atomic E-state index is 0.694. The summed E-state index contributed by atoms with van der Waals surface area (Å²) in [5.74, 6) is 1.91. The van der Waals surface area contributed by atoms with Gasteiger partial charge in [-0.2, -0.15) is 5.10 Å². The van der Waals surface area contributed by atoms with Crippen molar-refractivity contribution in [3.8, 4) is 0 Å². The molecule has 0 aliphatic rings. The topological polar surface area (TPSA) is 43.0 Å². The van der Waals surface area contributed by atoms with Crippen molar-refractivity contribution in [2.45, 2.75) is 20.0 Å². The summed E-state index contributed by atoms with van der Waals surface area (Å²) < 4.78 is 7.48. The number of nitrogens with one attached hydrogen (secondary N) is 1. The Kier molecular flexibility index (Phi) is 3.19. The van der Waals surface area contributed by atoms with Gasteiger partial charge < -0.3 is 9.73 Å². The third-order valence-corrected chi connectivity index (χ3v) is 2.14. The second-order valence-corrected chi connectivity index (χ2v) is 3.35. The van der Waals surface area contributed by atoms with Crippen LogP contribution in [0, 0.1) is 0 Å². The Balaban J connectivity index is 1.95. The van der Waals surface area contributed by atoms with Crippen LogP contribution in [0.2, 0.25) is 0 Å². The summed E-state index contributed by atoms with van der Waals surface area (Å²) in [5, 5.41) is 7.34. The second-order valence-electron chi connectivity index (χ2n) is 3.35. The quantitative estimate of drug-likeness (QED) is 0.806. The molecule has 4 nitrogen and oxygen atoms in total. The standard InChI is InChI=1S/C11H15N3O/c1-2-12-8-10-4-5-11(15-10)9-14-7-3-6-13-14/h3-7,12H,2,8-9H2,1H3. The molecule has 2 aromatic heterocycles. The van der Waals surface area contributed by atoms with Gasteiger partial charge >= 0.3 is 0 Å². The summed E-state index contributed by atoms with van der Waals surface area (Å²) in [6, 6.07) is 5.90. The van der Waals surface area contributed by atoms with E-state index in [0.717, 1.165) is 24.6 Å². The average molecular weight is 205 g/mol. The highest BCUT2D eigenvalue weighted by molar-refractivity contribution is 5.07. The normalized spacial score (nSPS) is 10.7. The molecule has 2 heterocycles. The van der Waals surface area contributed by atoms with E-state index in [1.807, 2.05) is 29.1 Å². The highest BCUT2D eigenvalue weighted by Crippen LogP contribution is 2.08. The zero-order valence-electron chi connectivity index (χ0n) is 8.81. The van der Waals surface area contributed by atoms with Gasteiger partial charge in [0.25, 0.3) is 0 Å². The molecule has 0 atom stereocenters. The molecule has 80 valence electrons. The monoisotopic (exact) mass is 205 g/mol. The minimum absolute atomic E-state index is 0.694. The SMILES string of the molecule is CCNCc1ccc(Cn2cccn2)o1. The van der Waals surface area contributed by atoms with E-state index in [4.69, 9.17) is 4.42 Å². The predicted molar refractivity (Wildman–Crippen MR) is 57.4 cm³/mol. The third-order valence-electron chi connectivity index (χ3n) is 2.14. The van der Waals surface area contributed by atoms with Crippen LogP contribution in [0.4, 0.5) is 0 Å². The van der Waals surface area contributed by atoms with E-state index in [2.05, 4.69) is 17.3 Å². The van der Waals surface area contributed by atoms with Crippen LogP contribution in [-0.4, -0.2) is 16.3 Å². The lowest BCUT2D eigenvalue weighted by Crippen LogP contribution is -2.10. The van der Waals surface area contributed by atoms with Crippen LogP contribution < -0.4 is 5.32 Å². The maximum atomic E-state index is 5.64. The lowest BCUT2D eigenvalue weighted by Gasteiger charge is -1.98. The number of nitrogens with zero attached hydrogens (tertiary/aromatic N) is 2. The predicted octanol–water partition coefficient (Wildman–Crippen LogP) is 1.63. The number of aromatic nitrogens is 2. The molecular formula is C11H15N3O. The molecule has 0 aromatic carbocycles. The third kappa shape index (κ3) is 2.70. The largest absolute Gasteiger partial charge is 0.463 e. The van der Waals surface area contributed by atoms with Gasteiger partial charge in [-0.05, 0) is 24.7 Å². The lowest BCUT2D eigenvalue weighted by molar-refractivity contribution is 0.432. The molecule has 0 spiro atoms. The molecule has 0 saturated carbocycles. The molecule has 2 aromatic rings. The van der Waals surface area contributed by atoms with Crippen LogP contribution in [0.1, 0.15) is 18.4 Å². The van der Waals surface area contributed by atoms with E-state index in [-0.39, 0.29) is 0 Å². The van der Waals surface area contributed by atoms with Gasteiger partial charge in [0.05, 0.1) is 13.1 Å². The van der Waals surface area contributed by atoms with Gasteiger partial charge in [0.1, 0.15) is 11.5 Å². The van der Waals surface area contributed by atoms with Crippen LogP contribution in [-0.2, 0) is 13.1 Å². The average Bonchev–Trinajstić information content (AvgIpc) is 2.87. The Labute approximate surface area is 88.9 Å². The number of furan rings is 1. The first kappa shape index (κ1) is 9.98. The fraction of sp³-hybridized carbons (Fsp3) is 0.364. The number of hydrogen-bond donors (Lipinski definition) is 1. The van der Waals surface area contributed by atoms with Crippen molar-refractivity contribution in [1.82, 2.24) is 15.1 Å². The first-order valence-electron chi connectivity index (χ1n) is 5.14. The van der Waals surface area contributed by atoms with Crippen molar-refractivity contribution in [1.29, 1.82) is 0 Å². The molecule has 0 bridgehead atoms. The highest BCUT2D eigenvalue weighted by Gasteiger charge is 2.02. The van der Waals surface area contributed by atoms with Crippen molar-refractivity contribution >= 4 is 0 Å². The molecule has 4 heteroatoms. The molecule has 0 aliphatic carbocycles. The first-order valence-corrected chi connectivity index (χ1v) is 5.14. The zero-order chi connectivity index (χ0) is 10.5. The van der Waals surface area contributed by atoms with Crippen LogP contribution >= 0.6 is 0 Å². The Hall–Kier alpha value is -1.55. The molecule has 0 unspecified atom stereocenters. The van der Waals surface area contributed by atoms with E-state index in [9.17, 15) is 0 Å². The van der Waals surface area contributed by atoms with Crippen molar-refractivity contribution in [3.05, 3.63) is 42.1 Å². The first-order chi connectivity index (χ1) is 7.38. The summed E-state index contributed by atoms with van der Waals surface area (Å²) in [4.78, 5) is 0. The Morgan fingerprint density at radius 3 is 3.00 bits per heavy atom. The fourth-order valence-electron chi connectivity index (χ4n) is 1.40. The van der Waals surface area contributed by atoms with Gasteiger partial charge in [0.15, 0.2) is 0 Å². The number of hydrogen-bond acceptors (Lipinski definition) is 3. The van der Waals surface area contributed by atoms with Gasteiger partial charge in [-0.15, -0.1) is 0 Å². The van der Waals surface area contributed by atoms with Gasteiger partial charge in [0.2, 0.25) is 0 Å². The van der Waals surface area contributed by atoms with Crippen molar-refractivity contribution < 1.29 is 4.42 Å². The summed E-state index contributed by atoms with van der Waals surface area (Å²) in [6.45, 7) is 4.51. The van der Waals surface area contributed by atoms with Gasteiger partial charge in [0, 0.05) is 12.4 Å². The Morgan fingerprint density at radius 2 is 2.27 bits per heavy atom. The van der Waals surface area contributed by atoms with Crippen molar-refractivity contribution in [3.63, 3.8) is 0 Å². The summed E-state index contributed by atoms with van der Waals surface area (Å²) in [5.41, 5.74) is 0. The zero-order valence-corrected chi connectivity index (χ0v) is 8.81. The van der Waals surface area contributed by atoms with Crippen LogP contribution in [0.15, 0.2) is 35.0 Å². The molecular weight excluding hydrogens is 190 g/mol. The van der Waals surface area contributed by atoms with Gasteiger partial charge in [-0.1, -0.05) is 6.92 Å². The molecule has 0 aliphatic heterocycles. The van der Waals surface area contributed by atoms with Crippen LogP contribution in [0.5, 0.6) is 0 Å². The van der Waals surface area contributed by atoms with Crippen molar-refractivity contribution in [2.75, 3.05) is 6.54 Å². The summed E-state index contributed by atoms with van der Waals surface area (Å²) >= 11 is 0. The van der Waals surface area contributed by atoms with E-state index < -0.39 is 0 Å². The van der Waals surface area contributed by atoms with Crippen molar-refractivity contribution in [2.24, 2.45) is 0 Å². The second kappa shape index (κ2) is 4.79. The summed E-state index contributed by atoms with van der Waals surface area (Å²) in [6.07, 6.45) is 3.69. The number of rotatable bonds is 5. The van der Waals surface area contributed by atoms with E-state index in [1.165, 1.54) is 0 Å². The fourth-order valence-corrected chi connectivity index (χ4v) is 1.40. The molecule has 15 heavy (non-hydrogen) atoms. The highest BCUT2D eigenvalue weighted by atomic mass is 16.3. The molecule has 0 amide bonds. The van der Waals surface area contributed by atoms with Gasteiger partial charge in [-0.25, -0.2) is 0 Å². The molecule has 2 rings (SSSR count). The lowest BCUT2D eigenvalue weighted by atomic mass is 10.4. The molecule has 1 N–H and O–H groups in total. The van der Waals surface area contributed by atoms with Gasteiger partial charge in [-0.3, -0.25) is 4.68 Å². The maximum Gasteiger partial charge on any atom is 0.125 e. The van der Waals surface area contributed by atoms with Crippen LogP contribution in [0.25, 0.3) is 0 Å². The van der Waals surface area contributed by atoms with E-state index >= 15 is 0 Å². The van der Waals surface area contributed by atoms with E-state index in [0.29, 0.717) is 6.54 Å². The van der Waals surface area contributed by atoms with Crippen LogP contribution in [0.3, 0.4) is 0 Å². The Morgan fingerprint density at radius 1 is 1.40 bits per heavy atom. The maximum absolute atomic E-state index is 5.64. The van der Waals surface area contributed by atoms with E-state index in [1.54, 1.807) is 6.20 Å². The smallest absolute Gasteiger partial charge is 0.125 e.